The Balaban J connectivity index is 2.00. The summed E-state index contributed by atoms with van der Waals surface area (Å²) in [6.07, 6.45) is -4.63. The van der Waals surface area contributed by atoms with E-state index in [-0.39, 0.29) is 23.6 Å². The molecule has 0 aliphatic carbocycles. The van der Waals surface area contributed by atoms with Gasteiger partial charge in [-0.25, -0.2) is 4.79 Å². The predicted octanol–water partition coefficient (Wildman–Crippen LogP) is 6.87. The summed E-state index contributed by atoms with van der Waals surface area (Å²) in [4.78, 5) is 28.9. The summed E-state index contributed by atoms with van der Waals surface area (Å²) in [6.45, 7) is 7.42. The first kappa shape index (κ1) is 27.4. The van der Waals surface area contributed by atoms with Gasteiger partial charge in [-0.2, -0.15) is 18.4 Å². The van der Waals surface area contributed by atoms with Crippen molar-refractivity contribution in [3.63, 3.8) is 0 Å². The SMILES string of the molecule is C=C(c1ccccc1)C1C(=O)N(c2cccc(C(F)(F)F)c2)C(C)=C(C(=O)OCC)C1c1ccc(C#N)cc1. The number of nitrogens with zero attached hydrogens (tertiary/aromatic N) is 2. The molecule has 8 heteroatoms. The summed E-state index contributed by atoms with van der Waals surface area (Å²) in [5, 5.41) is 9.27. The van der Waals surface area contributed by atoms with Gasteiger partial charge in [0.25, 0.3) is 0 Å². The number of halogens is 3. The fraction of sp³-hybridized carbons (Fsp3) is 0.194. The van der Waals surface area contributed by atoms with Gasteiger partial charge < -0.3 is 4.74 Å². The molecular weight excluding hydrogens is 505 g/mol. The molecule has 0 fully saturated rings. The van der Waals surface area contributed by atoms with Crippen LogP contribution < -0.4 is 4.90 Å². The average Bonchev–Trinajstić information content (AvgIpc) is 2.93. The van der Waals surface area contributed by atoms with Crippen molar-refractivity contribution in [2.75, 3.05) is 11.5 Å². The zero-order chi connectivity index (χ0) is 28.3. The summed E-state index contributed by atoms with van der Waals surface area (Å²) < 4.78 is 46.1. The quantitative estimate of drug-likeness (QED) is 0.326. The standard InChI is InChI=1S/C31H25F3N2O3/c1-4-39-30(38)27-20(3)36(25-12-8-11-24(17-25)31(32,33)34)29(37)26(19(2)22-9-6-5-7-10-22)28(27)23-15-13-21(18-35)14-16-23/h5-17,26,28H,2,4H2,1,3H3. The maximum Gasteiger partial charge on any atom is 0.416 e. The minimum Gasteiger partial charge on any atom is -0.463 e. The molecule has 0 spiro atoms. The third kappa shape index (κ3) is 5.34. The molecule has 0 radical (unpaired) electrons. The van der Waals surface area contributed by atoms with E-state index in [1.165, 1.54) is 19.1 Å². The first-order valence-electron chi connectivity index (χ1n) is 12.2. The molecule has 39 heavy (non-hydrogen) atoms. The Labute approximate surface area is 224 Å². The molecule has 2 unspecified atom stereocenters. The summed E-state index contributed by atoms with van der Waals surface area (Å²) in [5.41, 5.74) is 1.32. The van der Waals surface area contributed by atoms with E-state index in [1.807, 2.05) is 6.07 Å². The topological polar surface area (TPSA) is 70.4 Å². The van der Waals surface area contributed by atoms with Crippen molar-refractivity contribution >= 4 is 23.1 Å². The van der Waals surface area contributed by atoms with E-state index >= 15 is 0 Å². The van der Waals surface area contributed by atoms with Crippen molar-refractivity contribution in [1.29, 1.82) is 5.26 Å². The molecule has 1 aliphatic rings. The minimum atomic E-state index is -4.63. The second-order valence-corrected chi connectivity index (χ2v) is 9.02. The van der Waals surface area contributed by atoms with Crippen LogP contribution in [0.4, 0.5) is 18.9 Å². The Kier molecular flexibility index (Phi) is 7.73. The first-order valence-corrected chi connectivity index (χ1v) is 12.2. The largest absolute Gasteiger partial charge is 0.463 e. The van der Waals surface area contributed by atoms with Crippen molar-refractivity contribution < 1.29 is 27.5 Å². The van der Waals surface area contributed by atoms with Crippen LogP contribution in [0.3, 0.4) is 0 Å². The number of benzene rings is 3. The summed E-state index contributed by atoms with van der Waals surface area (Å²) in [6, 6.07) is 21.9. The number of amides is 1. The van der Waals surface area contributed by atoms with E-state index in [0.717, 1.165) is 17.0 Å². The van der Waals surface area contributed by atoms with E-state index < -0.39 is 35.5 Å². The maximum absolute atomic E-state index is 14.3. The highest BCUT2D eigenvalue weighted by atomic mass is 19.4. The van der Waals surface area contributed by atoms with E-state index in [0.29, 0.717) is 22.3 Å². The van der Waals surface area contributed by atoms with Gasteiger partial charge in [0.2, 0.25) is 5.91 Å². The van der Waals surface area contributed by atoms with Gasteiger partial charge in [-0.1, -0.05) is 55.1 Å². The Bertz CT molecular complexity index is 1490. The number of allylic oxidation sites excluding steroid dienone is 1. The fourth-order valence-electron chi connectivity index (χ4n) is 4.89. The Hall–Kier alpha value is -4.64. The molecule has 0 saturated heterocycles. The molecule has 1 heterocycles. The molecule has 0 N–H and O–H groups in total. The van der Waals surface area contributed by atoms with Crippen molar-refractivity contribution in [3.8, 4) is 6.07 Å². The van der Waals surface area contributed by atoms with Crippen molar-refractivity contribution in [1.82, 2.24) is 0 Å². The van der Waals surface area contributed by atoms with Gasteiger partial charge in [-0.15, -0.1) is 0 Å². The first-order chi connectivity index (χ1) is 18.6. The molecule has 3 aromatic rings. The molecular formula is C31H25F3N2O3. The Morgan fingerprint density at radius 3 is 2.31 bits per heavy atom. The Morgan fingerprint density at radius 1 is 1.05 bits per heavy atom. The molecule has 0 saturated carbocycles. The lowest BCUT2D eigenvalue weighted by molar-refractivity contribution is -0.139. The number of carbonyl (C=O) groups is 2. The number of anilines is 1. The Morgan fingerprint density at radius 2 is 1.72 bits per heavy atom. The smallest absolute Gasteiger partial charge is 0.416 e. The second kappa shape index (κ2) is 11.0. The molecule has 4 rings (SSSR count). The zero-order valence-corrected chi connectivity index (χ0v) is 21.3. The van der Waals surface area contributed by atoms with Gasteiger partial charge in [0.05, 0.1) is 35.3 Å². The van der Waals surface area contributed by atoms with Gasteiger partial charge in [0.15, 0.2) is 0 Å². The highest BCUT2D eigenvalue weighted by molar-refractivity contribution is 6.10. The molecule has 1 amide bonds. The van der Waals surface area contributed by atoms with Gasteiger partial charge in [-0.3, -0.25) is 9.69 Å². The minimum absolute atomic E-state index is 0.0294. The molecule has 1 aliphatic heterocycles. The monoisotopic (exact) mass is 530 g/mol. The van der Waals surface area contributed by atoms with Gasteiger partial charge >= 0.3 is 12.1 Å². The van der Waals surface area contributed by atoms with Crippen LogP contribution in [0.25, 0.3) is 5.57 Å². The highest BCUT2D eigenvalue weighted by Gasteiger charge is 2.46. The lowest BCUT2D eigenvalue weighted by Gasteiger charge is -2.40. The predicted molar refractivity (Wildman–Crippen MR) is 141 cm³/mol. The number of ether oxygens (including phenoxy) is 1. The van der Waals surface area contributed by atoms with Crippen molar-refractivity contribution in [3.05, 3.63) is 119 Å². The number of carbonyl (C=O) groups excluding carboxylic acids is 2. The highest BCUT2D eigenvalue weighted by Crippen LogP contribution is 2.47. The van der Waals surface area contributed by atoms with E-state index in [4.69, 9.17) is 4.74 Å². The molecule has 2 atom stereocenters. The van der Waals surface area contributed by atoms with Crippen LogP contribution in [0.15, 0.2) is 96.7 Å². The zero-order valence-electron chi connectivity index (χ0n) is 21.3. The van der Waals surface area contributed by atoms with Crippen LogP contribution in [-0.2, 0) is 20.5 Å². The number of nitriles is 1. The summed E-state index contributed by atoms with van der Waals surface area (Å²) >= 11 is 0. The van der Waals surface area contributed by atoms with Crippen LogP contribution in [0.2, 0.25) is 0 Å². The van der Waals surface area contributed by atoms with Crippen molar-refractivity contribution in [2.45, 2.75) is 25.9 Å². The third-order valence-electron chi connectivity index (χ3n) is 6.70. The van der Waals surface area contributed by atoms with Crippen molar-refractivity contribution in [2.24, 2.45) is 5.92 Å². The molecule has 0 aromatic heterocycles. The van der Waals surface area contributed by atoms with E-state index in [2.05, 4.69) is 6.58 Å². The second-order valence-electron chi connectivity index (χ2n) is 9.02. The molecule has 198 valence electrons. The number of esters is 1. The molecule has 5 nitrogen and oxygen atoms in total. The summed E-state index contributed by atoms with van der Waals surface area (Å²) in [5.74, 6) is -3.15. The normalized spacial score (nSPS) is 17.5. The van der Waals surface area contributed by atoms with Crippen LogP contribution in [0.1, 0.15) is 42.0 Å². The van der Waals surface area contributed by atoms with Crippen LogP contribution in [0, 0.1) is 17.2 Å². The van der Waals surface area contributed by atoms with Gasteiger partial charge in [-0.05, 0) is 60.9 Å². The number of rotatable bonds is 6. The van der Waals surface area contributed by atoms with E-state index in [9.17, 15) is 28.0 Å². The number of hydrogen-bond donors (Lipinski definition) is 0. The fourth-order valence-corrected chi connectivity index (χ4v) is 4.89. The van der Waals surface area contributed by atoms with E-state index in [1.54, 1.807) is 61.5 Å². The average molecular weight is 531 g/mol. The lowest BCUT2D eigenvalue weighted by Crippen LogP contribution is -2.45. The summed E-state index contributed by atoms with van der Waals surface area (Å²) in [7, 11) is 0. The van der Waals surface area contributed by atoms with Gasteiger partial charge in [0.1, 0.15) is 0 Å². The maximum atomic E-state index is 14.3. The third-order valence-corrected chi connectivity index (χ3v) is 6.70. The number of hydrogen-bond acceptors (Lipinski definition) is 4. The van der Waals surface area contributed by atoms with Crippen LogP contribution >= 0.6 is 0 Å². The molecule has 0 bridgehead atoms. The lowest BCUT2D eigenvalue weighted by atomic mass is 9.71. The van der Waals surface area contributed by atoms with Crippen LogP contribution in [0.5, 0.6) is 0 Å². The number of alkyl halides is 3. The van der Waals surface area contributed by atoms with Gasteiger partial charge in [0, 0.05) is 17.3 Å². The molecule has 3 aromatic carbocycles. The van der Waals surface area contributed by atoms with Crippen LogP contribution in [-0.4, -0.2) is 18.5 Å².